The fourth-order valence-corrected chi connectivity index (χ4v) is 7.75. The van der Waals surface area contributed by atoms with Gasteiger partial charge in [-0.3, -0.25) is 0 Å². The van der Waals surface area contributed by atoms with Crippen molar-refractivity contribution in [2.24, 2.45) is 0 Å². The highest BCUT2D eigenvalue weighted by Gasteiger charge is 2.23. The molecule has 0 aliphatic carbocycles. The Morgan fingerprint density at radius 1 is 0.340 bits per heavy atom. The van der Waals surface area contributed by atoms with Crippen LogP contribution in [-0.4, -0.2) is 0 Å². The van der Waals surface area contributed by atoms with Crippen LogP contribution >= 0.6 is 0 Å². The molecule has 11 aromatic rings. The van der Waals surface area contributed by atoms with Crippen LogP contribution in [0.2, 0.25) is 0 Å². The zero-order valence-electron chi connectivity index (χ0n) is 26.8. The summed E-state index contributed by atoms with van der Waals surface area (Å²) in [5, 5.41) is 8.82. The summed E-state index contributed by atoms with van der Waals surface area (Å²) >= 11 is 0. The number of anilines is 3. The lowest BCUT2D eigenvalue weighted by atomic mass is 10.0. The highest BCUT2D eigenvalue weighted by Crippen LogP contribution is 2.47. The van der Waals surface area contributed by atoms with Crippen LogP contribution in [0.4, 0.5) is 17.1 Å². The molecule has 0 N–H and O–H groups in total. The standard InChI is InChI=1S/C46H27NO3/c1-2-10-32-29(9-1)21-26-36-35-13-7-15-39(46(35)50-45(32)36)47(38-14-8-18-42-44(38)37-12-4-6-17-41(37)48-42)31-23-19-28(20-24-31)30-22-25-34-33-11-3-5-16-40(33)49-43(34)27-30/h1-27H. The molecule has 234 valence electrons. The SMILES string of the molecule is c1ccc2c(c1)ccc1c3cccc(N(c4ccc(-c5ccc6c(c5)oc5ccccc56)cc4)c4cccc5oc6ccccc6c45)c3oc21. The summed E-state index contributed by atoms with van der Waals surface area (Å²) in [5.41, 5.74) is 10.4. The van der Waals surface area contributed by atoms with Crippen LogP contribution in [0.15, 0.2) is 177 Å². The number of benzene rings is 8. The van der Waals surface area contributed by atoms with Crippen LogP contribution in [-0.2, 0) is 0 Å². The van der Waals surface area contributed by atoms with Crippen LogP contribution in [0.3, 0.4) is 0 Å². The van der Waals surface area contributed by atoms with Crippen LogP contribution in [0, 0.1) is 0 Å². The van der Waals surface area contributed by atoms with Gasteiger partial charge in [-0.1, -0.05) is 103 Å². The smallest absolute Gasteiger partial charge is 0.159 e. The number of hydrogen-bond acceptors (Lipinski definition) is 4. The molecule has 0 saturated heterocycles. The Morgan fingerprint density at radius 3 is 1.82 bits per heavy atom. The van der Waals surface area contributed by atoms with Crippen molar-refractivity contribution >= 4 is 93.7 Å². The zero-order valence-corrected chi connectivity index (χ0v) is 26.8. The highest BCUT2D eigenvalue weighted by molar-refractivity contribution is 6.19. The van der Waals surface area contributed by atoms with Gasteiger partial charge in [0, 0.05) is 38.0 Å². The van der Waals surface area contributed by atoms with Gasteiger partial charge in [-0.2, -0.15) is 0 Å². The number of hydrogen-bond donors (Lipinski definition) is 0. The molecule has 0 amide bonds. The van der Waals surface area contributed by atoms with Crippen LogP contribution in [0.25, 0.3) is 87.7 Å². The average molecular weight is 642 g/mol. The number of para-hydroxylation sites is 3. The van der Waals surface area contributed by atoms with E-state index < -0.39 is 0 Å². The molecule has 3 heterocycles. The Hall–Kier alpha value is -6.78. The van der Waals surface area contributed by atoms with E-state index in [0.717, 1.165) is 105 Å². The van der Waals surface area contributed by atoms with Gasteiger partial charge in [-0.15, -0.1) is 0 Å². The molecule has 3 aromatic heterocycles. The maximum absolute atomic E-state index is 6.89. The van der Waals surface area contributed by atoms with Gasteiger partial charge < -0.3 is 18.2 Å². The van der Waals surface area contributed by atoms with Gasteiger partial charge in [0.1, 0.15) is 27.9 Å². The van der Waals surface area contributed by atoms with Crippen molar-refractivity contribution in [3.63, 3.8) is 0 Å². The third-order valence-electron chi connectivity index (χ3n) is 10.1. The Balaban J connectivity index is 1.13. The minimum Gasteiger partial charge on any atom is -0.456 e. The first-order chi connectivity index (χ1) is 24.8. The van der Waals surface area contributed by atoms with Gasteiger partial charge in [-0.25, -0.2) is 0 Å². The maximum Gasteiger partial charge on any atom is 0.159 e. The molecule has 8 aromatic carbocycles. The van der Waals surface area contributed by atoms with Gasteiger partial charge in [0.2, 0.25) is 0 Å². The van der Waals surface area contributed by atoms with Crippen molar-refractivity contribution in [3.05, 3.63) is 164 Å². The monoisotopic (exact) mass is 641 g/mol. The van der Waals surface area contributed by atoms with Crippen molar-refractivity contribution in [3.8, 4) is 11.1 Å². The van der Waals surface area contributed by atoms with Crippen LogP contribution < -0.4 is 4.90 Å². The van der Waals surface area contributed by atoms with E-state index in [1.54, 1.807) is 0 Å². The summed E-state index contributed by atoms with van der Waals surface area (Å²) in [6.45, 7) is 0. The molecule has 0 bridgehead atoms. The highest BCUT2D eigenvalue weighted by atomic mass is 16.3. The molecule has 0 fully saturated rings. The van der Waals surface area contributed by atoms with E-state index in [2.05, 4.69) is 138 Å². The second kappa shape index (κ2) is 10.4. The quantitative estimate of drug-likeness (QED) is 0.192. The third-order valence-corrected chi connectivity index (χ3v) is 10.1. The minimum absolute atomic E-state index is 0.836. The zero-order chi connectivity index (χ0) is 32.8. The first-order valence-corrected chi connectivity index (χ1v) is 16.8. The number of furan rings is 3. The molecule has 0 saturated carbocycles. The van der Waals surface area contributed by atoms with E-state index in [9.17, 15) is 0 Å². The number of rotatable bonds is 4. The largest absolute Gasteiger partial charge is 0.456 e. The second-order valence-corrected chi connectivity index (χ2v) is 12.9. The molecule has 11 rings (SSSR count). The first kappa shape index (κ1) is 27.2. The van der Waals surface area contributed by atoms with Gasteiger partial charge in [0.25, 0.3) is 0 Å². The predicted octanol–water partition coefficient (Wildman–Crippen LogP) is 13.7. The van der Waals surface area contributed by atoms with E-state index in [1.165, 1.54) is 0 Å². The summed E-state index contributed by atoms with van der Waals surface area (Å²) < 4.78 is 19.5. The summed E-state index contributed by atoms with van der Waals surface area (Å²) in [6, 6.07) is 57.1. The molecule has 0 atom stereocenters. The van der Waals surface area contributed by atoms with Crippen molar-refractivity contribution < 1.29 is 13.3 Å². The van der Waals surface area contributed by atoms with E-state index in [-0.39, 0.29) is 0 Å². The molecule has 0 radical (unpaired) electrons. The van der Waals surface area contributed by atoms with Crippen molar-refractivity contribution in [2.75, 3.05) is 4.90 Å². The topological polar surface area (TPSA) is 42.7 Å². The molecule has 4 heteroatoms. The van der Waals surface area contributed by atoms with Gasteiger partial charge in [0.15, 0.2) is 5.58 Å². The van der Waals surface area contributed by atoms with Crippen molar-refractivity contribution in [1.82, 2.24) is 0 Å². The summed E-state index contributed by atoms with van der Waals surface area (Å²) in [6.07, 6.45) is 0. The summed E-state index contributed by atoms with van der Waals surface area (Å²) in [7, 11) is 0. The minimum atomic E-state index is 0.836. The second-order valence-electron chi connectivity index (χ2n) is 12.9. The fourth-order valence-electron chi connectivity index (χ4n) is 7.75. The molecule has 0 aliphatic heterocycles. The molecular formula is C46H27NO3. The number of fused-ring (bicyclic) bond motifs is 11. The third kappa shape index (κ3) is 3.93. The maximum atomic E-state index is 6.89. The van der Waals surface area contributed by atoms with E-state index in [0.29, 0.717) is 0 Å². The molecular weight excluding hydrogens is 615 g/mol. The number of nitrogens with zero attached hydrogens (tertiary/aromatic N) is 1. The van der Waals surface area contributed by atoms with Crippen molar-refractivity contribution in [2.45, 2.75) is 0 Å². The lowest BCUT2D eigenvalue weighted by Gasteiger charge is -2.26. The molecule has 0 aliphatic rings. The van der Waals surface area contributed by atoms with Crippen LogP contribution in [0.5, 0.6) is 0 Å². The van der Waals surface area contributed by atoms with E-state index in [1.807, 2.05) is 30.3 Å². The van der Waals surface area contributed by atoms with E-state index >= 15 is 0 Å². The predicted molar refractivity (Wildman–Crippen MR) is 206 cm³/mol. The molecule has 0 spiro atoms. The average Bonchev–Trinajstić information content (AvgIpc) is 3.87. The Labute approximate surface area is 286 Å². The van der Waals surface area contributed by atoms with Gasteiger partial charge in [-0.05, 0) is 77.2 Å². The molecule has 50 heavy (non-hydrogen) atoms. The fraction of sp³-hybridized carbons (Fsp3) is 0. The normalized spacial score (nSPS) is 12.0. The van der Waals surface area contributed by atoms with Gasteiger partial charge in [0.05, 0.1) is 16.8 Å². The van der Waals surface area contributed by atoms with Crippen molar-refractivity contribution in [1.29, 1.82) is 0 Å². The lowest BCUT2D eigenvalue weighted by molar-refractivity contribution is 0.668. The van der Waals surface area contributed by atoms with Gasteiger partial charge >= 0.3 is 0 Å². The van der Waals surface area contributed by atoms with E-state index in [4.69, 9.17) is 13.3 Å². The molecule has 4 nitrogen and oxygen atoms in total. The summed E-state index contributed by atoms with van der Waals surface area (Å²) in [5.74, 6) is 0. The Bertz CT molecular complexity index is 3110. The lowest BCUT2D eigenvalue weighted by Crippen LogP contribution is -2.10. The Kier molecular flexibility index (Phi) is 5.63. The molecule has 0 unspecified atom stereocenters. The van der Waals surface area contributed by atoms with Crippen LogP contribution in [0.1, 0.15) is 0 Å². The first-order valence-electron chi connectivity index (χ1n) is 16.8. The Morgan fingerprint density at radius 2 is 0.940 bits per heavy atom. The summed E-state index contributed by atoms with van der Waals surface area (Å²) in [4.78, 5) is 2.31.